The van der Waals surface area contributed by atoms with Crippen LogP contribution in [0.1, 0.15) is 159 Å². The van der Waals surface area contributed by atoms with Crippen molar-refractivity contribution in [3.63, 3.8) is 0 Å². The van der Waals surface area contributed by atoms with Gasteiger partial charge in [-0.3, -0.25) is 0 Å². The average Bonchev–Trinajstić information content (AvgIpc) is 3.79. The van der Waals surface area contributed by atoms with Gasteiger partial charge < -0.3 is 0 Å². The number of unbranched alkanes of at least 4 members (excludes halogenated alkanes) is 6. The molecule has 0 saturated heterocycles. The van der Waals surface area contributed by atoms with Crippen molar-refractivity contribution in [2.24, 2.45) is 0 Å². The van der Waals surface area contributed by atoms with Crippen LogP contribution in [0.15, 0.2) is 84.9 Å². The maximum atomic E-state index is 3.00. The first kappa shape index (κ1) is 43.0. The van der Waals surface area contributed by atoms with Crippen molar-refractivity contribution in [1.82, 2.24) is 0 Å². The fourth-order valence-corrected chi connectivity index (χ4v) is 61.6. The van der Waals surface area contributed by atoms with E-state index < -0.39 is 14.2 Å². The number of hydrogen-bond donors (Lipinski definition) is 0. The molecule has 2 unspecified atom stereocenters. The number of allylic oxidation sites excluding steroid dienone is 2. The van der Waals surface area contributed by atoms with Gasteiger partial charge in [-0.15, -0.1) is 0 Å². The zero-order valence-electron chi connectivity index (χ0n) is 37.7. The van der Waals surface area contributed by atoms with Gasteiger partial charge in [-0.2, -0.15) is 0 Å². The molecule has 0 saturated carbocycles. The molecule has 0 nitrogen and oxygen atoms in total. The van der Waals surface area contributed by atoms with E-state index in [4.69, 9.17) is 0 Å². The third-order valence-electron chi connectivity index (χ3n) is 15.9. The van der Waals surface area contributed by atoms with Crippen LogP contribution in [0.25, 0.3) is 34.4 Å². The third-order valence-corrected chi connectivity index (χ3v) is 72.5. The Kier molecular flexibility index (Phi) is 11.0. The van der Waals surface area contributed by atoms with Gasteiger partial charge in [0.15, 0.2) is 0 Å². The van der Waals surface area contributed by atoms with Crippen LogP contribution >= 0.6 is 0 Å². The van der Waals surface area contributed by atoms with Crippen molar-refractivity contribution >= 4 is 19.1 Å². The van der Waals surface area contributed by atoms with Crippen LogP contribution in [0.2, 0.25) is 17.7 Å². The minimum absolute atomic E-state index is 0.133. The second-order valence-electron chi connectivity index (χ2n) is 23.4. The predicted molar refractivity (Wildman–Crippen MR) is 252 cm³/mol. The molecule has 0 spiro atoms. The molecule has 4 aromatic rings. The Morgan fingerprint density at radius 3 is 1.25 bits per heavy atom. The first-order valence-corrected chi connectivity index (χ1v) is 47.2. The first-order chi connectivity index (χ1) is 26.1. The number of hydrogen-bond acceptors (Lipinski definition) is 0. The molecule has 2 atom stereocenters. The molecule has 0 bridgehead atoms. The zero-order chi connectivity index (χ0) is 40.8. The van der Waals surface area contributed by atoms with Gasteiger partial charge in [0.05, 0.1) is 0 Å². The van der Waals surface area contributed by atoms with Gasteiger partial charge >= 0.3 is 341 Å². The normalized spacial score (nSPS) is 18.6. The van der Waals surface area contributed by atoms with Crippen LogP contribution in [0.5, 0.6) is 0 Å². The van der Waals surface area contributed by atoms with Gasteiger partial charge in [-0.25, -0.2) is 0 Å². The second kappa shape index (κ2) is 14.3. The van der Waals surface area contributed by atoms with Gasteiger partial charge in [0, 0.05) is 0 Å². The third kappa shape index (κ3) is 7.35. The molecule has 300 valence electrons. The number of aryl methyl sites for hydroxylation is 2. The van der Waals surface area contributed by atoms with E-state index in [1.54, 1.807) is 11.1 Å². The van der Waals surface area contributed by atoms with Crippen molar-refractivity contribution in [2.45, 2.75) is 156 Å². The van der Waals surface area contributed by atoms with E-state index in [1.807, 2.05) is 0 Å². The second-order valence-corrected chi connectivity index (χ2v) is 100. The van der Waals surface area contributed by atoms with E-state index in [0.29, 0.717) is 7.35 Å². The Morgan fingerprint density at radius 2 is 0.911 bits per heavy atom. The molecule has 0 aromatic heterocycles. The summed E-state index contributed by atoms with van der Waals surface area (Å²) in [6.07, 6.45) is 21.2. The average molecular weight is 932 g/mol. The Hall–Kier alpha value is -2.55. The SMILES string of the molecule is CCCCC[CH2][Hf]([CH3])([CH3])(=[SiH2])([CH2]CCCCC)([CH]1C=Cc2c(-c3ccc(C(C)(C)C)cc3C)cccc21)[CH]1C=Cc2c(-c3ccc(C(C)(C)C)cc3C)cccc21. The molecule has 0 radical (unpaired) electrons. The van der Waals surface area contributed by atoms with Crippen LogP contribution in [-0.2, 0) is 25.0 Å². The predicted octanol–water partition coefficient (Wildman–Crippen LogP) is 16.5. The molecule has 4 aromatic carbocycles. The van der Waals surface area contributed by atoms with Gasteiger partial charge in [0.1, 0.15) is 0 Å². The summed E-state index contributed by atoms with van der Waals surface area (Å²) in [5.41, 5.74) is 17.6. The van der Waals surface area contributed by atoms with Crippen LogP contribution in [-0.4, -0.2) is 6.94 Å². The molecule has 0 amide bonds. The number of rotatable bonds is 14. The fraction of sp³-hybridized carbons (Fsp3) is 0.481. The Labute approximate surface area is 339 Å². The quantitative estimate of drug-likeness (QED) is 0.0873. The molecule has 2 aliphatic rings. The summed E-state index contributed by atoms with van der Waals surface area (Å²) in [6.45, 7) is 26.0. The Morgan fingerprint density at radius 1 is 0.518 bits per heavy atom. The van der Waals surface area contributed by atoms with E-state index in [1.165, 1.54) is 115 Å². The van der Waals surface area contributed by atoms with Gasteiger partial charge in [0.25, 0.3) is 0 Å². The Balaban J connectivity index is 1.59. The van der Waals surface area contributed by atoms with Crippen molar-refractivity contribution in [3.8, 4) is 22.3 Å². The molecule has 6 rings (SSSR count). The summed E-state index contributed by atoms with van der Waals surface area (Å²) < 4.78 is 9.60. The van der Waals surface area contributed by atoms with Gasteiger partial charge in [-0.05, 0) is 0 Å². The van der Waals surface area contributed by atoms with Crippen LogP contribution < -0.4 is 0 Å². The molecule has 56 heavy (non-hydrogen) atoms. The monoisotopic (exact) mass is 933 g/mol. The van der Waals surface area contributed by atoms with E-state index in [-0.39, 0.29) is 10.8 Å². The Bertz CT molecular complexity index is 2160. The van der Waals surface area contributed by atoms with E-state index in [9.17, 15) is 0 Å². The van der Waals surface area contributed by atoms with Crippen molar-refractivity contribution in [1.29, 1.82) is 0 Å². The van der Waals surface area contributed by atoms with E-state index in [0.717, 1.165) is 0 Å². The molecule has 2 aliphatic carbocycles. The maximum absolute atomic E-state index is 5.26. The summed E-state index contributed by atoms with van der Waals surface area (Å²) >= 11 is -5.26. The molecule has 0 aliphatic heterocycles. The molecule has 0 fully saturated rings. The summed E-state index contributed by atoms with van der Waals surface area (Å²) in [7, 11) is 0. The molecular weight excluding hydrogens is 855 g/mol. The van der Waals surface area contributed by atoms with Gasteiger partial charge in [0.2, 0.25) is 0 Å². The van der Waals surface area contributed by atoms with Gasteiger partial charge in [-0.1, -0.05) is 0 Å². The molecule has 0 heterocycles. The number of fused-ring (bicyclic) bond motifs is 2. The fourth-order valence-electron chi connectivity index (χ4n) is 12.0. The van der Waals surface area contributed by atoms with E-state index in [2.05, 4.69) is 183 Å². The standard InChI is InChI=1S/2C20H21.2C6H13.2CH3.Hf.H2Si/c2*1-14-13-16(20(2,3)4)11-12-17(14)19-10-6-8-15-7-5-9-18(15)19;2*1-3-5-6-4-2;;;;/h2*5-13H,1-4H3;2*1,3-6H2,2H3;2*1H3;;1H2. The first-order valence-electron chi connectivity index (χ1n) is 22.5. The summed E-state index contributed by atoms with van der Waals surface area (Å²) in [4.78, 5) is 0. The van der Waals surface area contributed by atoms with Crippen molar-refractivity contribution < 1.29 is 14.2 Å². The molecule has 0 N–H and O–H groups in total. The van der Waals surface area contributed by atoms with Crippen LogP contribution in [0, 0.1) is 13.8 Å². The zero-order valence-corrected chi connectivity index (χ0v) is 42.7. The summed E-state index contributed by atoms with van der Waals surface area (Å²) in [6, 6.07) is 29.2. The topological polar surface area (TPSA) is 0 Å². The molecule has 2 heteroatoms. The van der Waals surface area contributed by atoms with E-state index >= 15 is 0 Å². The van der Waals surface area contributed by atoms with Crippen LogP contribution in [0.4, 0.5) is 0 Å². The summed E-state index contributed by atoms with van der Waals surface area (Å²) in [5.74, 6) is 0. The van der Waals surface area contributed by atoms with Crippen LogP contribution in [0.3, 0.4) is 0 Å². The summed E-state index contributed by atoms with van der Waals surface area (Å²) in [5, 5.41) is 0. The number of benzene rings is 4. The molecular formula is C54H76HfSi. The van der Waals surface area contributed by atoms with Crippen molar-refractivity contribution in [3.05, 3.63) is 129 Å². The van der Waals surface area contributed by atoms with Crippen molar-refractivity contribution in [2.75, 3.05) is 0 Å². The minimum atomic E-state index is -5.26.